The fraction of sp³-hybridized carbons (Fsp3) is 0.231. The second-order valence-corrected chi connectivity index (χ2v) is 5.97. The molecule has 2 aromatic rings. The highest BCUT2D eigenvalue weighted by molar-refractivity contribution is 9.10. The topological polar surface area (TPSA) is 45.8 Å². The van der Waals surface area contributed by atoms with Gasteiger partial charge in [-0.2, -0.15) is 0 Å². The molecule has 0 bridgehead atoms. The Hall–Kier alpha value is -0.840. The van der Waals surface area contributed by atoms with Gasteiger partial charge in [-0.3, -0.25) is 4.79 Å². The Morgan fingerprint density at radius 3 is 2.37 bits per heavy atom. The molecule has 0 saturated heterocycles. The molecule has 0 radical (unpaired) electrons. The molecule has 6 heteroatoms. The molecule has 0 unspecified atom stereocenters. The van der Waals surface area contributed by atoms with Gasteiger partial charge in [0.25, 0.3) is 5.56 Å². The third-order valence-corrected chi connectivity index (χ3v) is 4.03. The SMILES string of the molecule is CC(C)c1nc(-c2c(Cl)cccc2Cl)[nH]c(=O)c1Br. The van der Waals surface area contributed by atoms with Crippen molar-refractivity contribution in [2.45, 2.75) is 19.8 Å². The Bertz CT molecular complexity index is 663. The summed E-state index contributed by atoms with van der Waals surface area (Å²) in [5, 5.41) is 0.903. The molecule has 1 heterocycles. The van der Waals surface area contributed by atoms with Crippen molar-refractivity contribution in [1.82, 2.24) is 9.97 Å². The fourth-order valence-electron chi connectivity index (χ4n) is 1.70. The molecule has 1 aromatic heterocycles. The maximum Gasteiger partial charge on any atom is 0.265 e. The van der Waals surface area contributed by atoms with Crippen molar-refractivity contribution in [1.29, 1.82) is 0 Å². The first-order valence-corrected chi connectivity index (χ1v) is 7.20. The number of hydrogen-bond donors (Lipinski definition) is 1. The van der Waals surface area contributed by atoms with Gasteiger partial charge in [-0.1, -0.05) is 43.1 Å². The lowest BCUT2D eigenvalue weighted by Gasteiger charge is -2.11. The quantitative estimate of drug-likeness (QED) is 0.847. The van der Waals surface area contributed by atoms with Crippen LogP contribution in [0.15, 0.2) is 27.5 Å². The van der Waals surface area contributed by atoms with Crippen LogP contribution in [0.4, 0.5) is 0 Å². The van der Waals surface area contributed by atoms with Crippen molar-refractivity contribution >= 4 is 39.1 Å². The molecule has 0 saturated carbocycles. The fourth-order valence-corrected chi connectivity index (χ4v) is 2.92. The lowest BCUT2D eigenvalue weighted by molar-refractivity contribution is 0.803. The van der Waals surface area contributed by atoms with Gasteiger partial charge in [0.2, 0.25) is 0 Å². The van der Waals surface area contributed by atoms with Gasteiger partial charge in [-0.25, -0.2) is 4.98 Å². The predicted octanol–water partition coefficient (Wildman–Crippen LogP) is 4.63. The van der Waals surface area contributed by atoms with Gasteiger partial charge in [0.05, 0.1) is 21.3 Å². The maximum atomic E-state index is 11.9. The van der Waals surface area contributed by atoms with Crippen molar-refractivity contribution in [3.63, 3.8) is 0 Å². The molecular formula is C13H11BrCl2N2O. The van der Waals surface area contributed by atoms with Crippen molar-refractivity contribution < 1.29 is 0 Å². The first-order valence-electron chi connectivity index (χ1n) is 5.66. The number of halogens is 3. The molecule has 100 valence electrons. The summed E-state index contributed by atoms with van der Waals surface area (Å²) in [6, 6.07) is 5.16. The standard InChI is InChI=1S/C13H11BrCl2N2O/c1-6(2)11-10(14)13(19)18-12(17-11)9-7(15)4-3-5-8(9)16/h3-6H,1-2H3,(H,17,18,19). The molecule has 0 aliphatic rings. The number of benzene rings is 1. The lowest BCUT2D eigenvalue weighted by atomic mass is 10.1. The first kappa shape index (κ1) is 14.6. The van der Waals surface area contributed by atoms with E-state index in [4.69, 9.17) is 23.2 Å². The summed E-state index contributed by atoms with van der Waals surface area (Å²) in [5.41, 5.74) is 0.969. The van der Waals surface area contributed by atoms with Crippen LogP contribution in [0, 0.1) is 0 Å². The van der Waals surface area contributed by atoms with Gasteiger partial charge in [0, 0.05) is 0 Å². The number of nitrogens with one attached hydrogen (secondary N) is 1. The lowest BCUT2D eigenvalue weighted by Crippen LogP contribution is -2.14. The van der Waals surface area contributed by atoms with Gasteiger partial charge in [0.15, 0.2) is 0 Å². The van der Waals surface area contributed by atoms with E-state index in [2.05, 4.69) is 25.9 Å². The summed E-state index contributed by atoms with van der Waals surface area (Å²) < 4.78 is 0.439. The number of H-pyrrole nitrogens is 1. The Labute approximate surface area is 129 Å². The molecule has 0 amide bonds. The average molecular weight is 362 g/mol. The van der Waals surface area contributed by atoms with Gasteiger partial charge in [0.1, 0.15) is 10.3 Å². The summed E-state index contributed by atoms with van der Waals surface area (Å²) in [7, 11) is 0. The normalized spacial score (nSPS) is 11.1. The smallest absolute Gasteiger partial charge is 0.265 e. The minimum Gasteiger partial charge on any atom is -0.305 e. The molecule has 0 spiro atoms. The molecule has 0 fully saturated rings. The van der Waals surface area contributed by atoms with E-state index in [0.29, 0.717) is 31.6 Å². The Morgan fingerprint density at radius 2 is 1.84 bits per heavy atom. The van der Waals surface area contributed by atoms with Crippen LogP contribution in [0.3, 0.4) is 0 Å². The molecule has 19 heavy (non-hydrogen) atoms. The summed E-state index contributed by atoms with van der Waals surface area (Å²) >= 11 is 15.5. The van der Waals surface area contributed by atoms with Crippen LogP contribution in [-0.2, 0) is 0 Å². The van der Waals surface area contributed by atoms with Gasteiger partial charge >= 0.3 is 0 Å². The molecule has 1 N–H and O–H groups in total. The van der Waals surface area contributed by atoms with Gasteiger partial charge in [-0.15, -0.1) is 0 Å². The van der Waals surface area contributed by atoms with E-state index < -0.39 is 0 Å². The maximum absolute atomic E-state index is 11.9. The summed E-state index contributed by atoms with van der Waals surface area (Å²) in [5.74, 6) is 0.490. The minimum absolute atomic E-state index is 0.108. The summed E-state index contributed by atoms with van der Waals surface area (Å²) in [4.78, 5) is 19.1. The van der Waals surface area contributed by atoms with E-state index in [1.165, 1.54) is 0 Å². The number of rotatable bonds is 2. The third-order valence-electron chi connectivity index (χ3n) is 2.63. The summed E-state index contributed by atoms with van der Waals surface area (Å²) in [6.07, 6.45) is 0. The zero-order chi connectivity index (χ0) is 14.2. The molecule has 1 aromatic carbocycles. The van der Waals surface area contributed by atoms with Crippen molar-refractivity contribution in [2.24, 2.45) is 0 Å². The molecule has 0 aliphatic heterocycles. The van der Waals surface area contributed by atoms with Crippen LogP contribution >= 0.6 is 39.1 Å². The predicted molar refractivity (Wildman–Crippen MR) is 82.1 cm³/mol. The second kappa shape index (κ2) is 5.65. The van der Waals surface area contributed by atoms with Crippen molar-refractivity contribution in [2.75, 3.05) is 0 Å². The number of nitrogens with zero attached hydrogens (tertiary/aromatic N) is 1. The largest absolute Gasteiger partial charge is 0.305 e. The van der Waals surface area contributed by atoms with Gasteiger partial charge in [-0.05, 0) is 34.0 Å². The molecule has 0 atom stereocenters. The van der Waals surface area contributed by atoms with Crippen molar-refractivity contribution in [3.05, 3.63) is 48.8 Å². The van der Waals surface area contributed by atoms with Crippen LogP contribution in [0.2, 0.25) is 10.0 Å². The zero-order valence-corrected chi connectivity index (χ0v) is 13.4. The highest BCUT2D eigenvalue weighted by Crippen LogP contribution is 2.33. The van der Waals surface area contributed by atoms with Crippen LogP contribution < -0.4 is 5.56 Å². The van der Waals surface area contributed by atoms with Crippen molar-refractivity contribution in [3.8, 4) is 11.4 Å². The Balaban J connectivity index is 2.74. The van der Waals surface area contributed by atoms with E-state index in [9.17, 15) is 4.79 Å². The van der Waals surface area contributed by atoms with Crippen LogP contribution in [0.5, 0.6) is 0 Å². The van der Waals surface area contributed by atoms with E-state index in [1.54, 1.807) is 18.2 Å². The summed E-state index contributed by atoms with van der Waals surface area (Å²) in [6.45, 7) is 3.93. The number of aromatic nitrogens is 2. The van der Waals surface area contributed by atoms with Gasteiger partial charge < -0.3 is 4.98 Å². The van der Waals surface area contributed by atoms with E-state index in [1.807, 2.05) is 13.8 Å². The minimum atomic E-state index is -0.246. The van der Waals surface area contributed by atoms with E-state index in [-0.39, 0.29) is 11.5 Å². The van der Waals surface area contributed by atoms with Crippen LogP contribution in [0.25, 0.3) is 11.4 Å². The molecular weight excluding hydrogens is 351 g/mol. The Morgan fingerprint density at radius 1 is 1.26 bits per heavy atom. The van der Waals surface area contributed by atoms with Crippen LogP contribution in [0.1, 0.15) is 25.5 Å². The van der Waals surface area contributed by atoms with Crippen LogP contribution in [-0.4, -0.2) is 9.97 Å². The first-order chi connectivity index (χ1) is 8.91. The third kappa shape index (κ3) is 2.86. The Kier molecular flexibility index (Phi) is 4.33. The molecule has 3 nitrogen and oxygen atoms in total. The zero-order valence-electron chi connectivity index (χ0n) is 10.3. The number of aromatic amines is 1. The van der Waals surface area contributed by atoms with E-state index in [0.717, 1.165) is 0 Å². The monoisotopic (exact) mass is 360 g/mol. The van der Waals surface area contributed by atoms with E-state index >= 15 is 0 Å². The second-order valence-electron chi connectivity index (χ2n) is 4.37. The average Bonchev–Trinajstić information content (AvgIpc) is 2.32. The number of hydrogen-bond acceptors (Lipinski definition) is 2. The molecule has 0 aliphatic carbocycles. The highest BCUT2D eigenvalue weighted by Gasteiger charge is 2.16. The highest BCUT2D eigenvalue weighted by atomic mass is 79.9. The molecule has 2 rings (SSSR count).